The number of halogens is 1. The molecule has 0 saturated carbocycles. The lowest BCUT2D eigenvalue weighted by atomic mass is 9.85. The summed E-state index contributed by atoms with van der Waals surface area (Å²) < 4.78 is 13.2. The molecular formula is C22H21FN2O. The van der Waals surface area contributed by atoms with Gasteiger partial charge in [0.1, 0.15) is 5.82 Å². The number of nitrogens with zero attached hydrogens (tertiary/aromatic N) is 2. The second-order valence-corrected chi connectivity index (χ2v) is 7.48. The predicted molar refractivity (Wildman–Crippen MR) is 101 cm³/mol. The Morgan fingerprint density at radius 3 is 2.46 bits per heavy atom. The van der Waals surface area contributed by atoms with Gasteiger partial charge in [0.05, 0.1) is 16.6 Å². The number of hydrogen-bond donors (Lipinski definition) is 0. The van der Waals surface area contributed by atoms with Crippen molar-refractivity contribution in [1.82, 2.24) is 9.88 Å². The van der Waals surface area contributed by atoms with Crippen LogP contribution in [-0.4, -0.2) is 15.8 Å². The van der Waals surface area contributed by atoms with E-state index >= 15 is 0 Å². The van der Waals surface area contributed by atoms with Gasteiger partial charge in [0, 0.05) is 18.1 Å². The molecule has 132 valence electrons. The third-order valence-electron chi connectivity index (χ3n) is 5.57. The molecule has 26 heavy (non-hydrogen) atoms. The zero-order valence-electron chi connectivity index (χ0n) is 15.4. The lowest BCUT2D eigenvalue weighted by Crippen LogP contribution is -2.38. The van der Waals surface area contributed by atoms with Crippen molar-refractivity contribution >= 4 is 16.8 Å². The van der Waals surface area contributed by atoms with Gasteiger partial charge in [-0.05, 0) is 68.1 Å². The first-order valence-corrected chi connectivity index (χ1v) is 8.77. The van der Waals surface area contributed by atoms with Crippen molar-refractivity contribution in [3.05, 3.63) is 76.2 Å². The molecule has 4 rings (SSSR count). The molecule has 0 aliphatic carbocycles. The highest BCUT2D eigenvalue weighted by molar-refractivity contribution is 6.06. The summed E-state index contributed by atoms with van der Waals surface area (Å²) in [7, 11) is 0. The fraction of sp³-hybridized carbons (Fsp3) is 0.273. The van der Waals surface area contributed by atoms with E-state index in [0.29, 0.717) is 6.54 Å². The lowest BCUT2D eigenvalue weighted by molar-refractivity contribution is 0.0594. The quantitative estimate of drug-likeness (QED) is 0.661. The van der Waals surface area contributed by atoms with Crippen LogP contribution >= 0.6 is 0 Å². The van der Waals surface area contributed by atoms with Crippen LogP contribution in [0.25, 0.3) is 10.9 Å². The lowest BCUT2D eigenvalue weighted by Gasteiger charge is -2.33. The summed E-state index contributed by atoms with van der Waals surface area (Å²) in [6.07, 6.45) is 1.77. The van der Waals surface area contributed by atoms with E-state index in [1.807, 2.05) is 17.9 Å². The van der Waals surface area contributed by atoms with Crippen LogP contribution in [0.2, 0.25) is 0 Å². The first kappa shape index (κ1) is 16.7. The van der Waals surface area contributed by atoms with Crippen molar-refractivity contribution in [1.29, 1.82) is 0 Å². The Labute approximate surface area is 152 Å². The minimum Gasteiger partial charge on any atom is -0.325 e. The Kier molecular flexibility index (Phi) is 3.62. The molecule has 1 aliphatic rings. The molecule has 0 unspecified atom stereocenters. The molecule has 1 aliphatic heterocycles. The van der Waals surface area contributed by atoms with Crippen LogP contribution in [0.3, 0.4) is 0 Å². The van der Waals surface area contributed by atoms with Gasteiger partial charge < -0.3 is 4.90 Å². The summed E-state index contributed by atoms with van der Waals surface area (Å²) in [4.78, 5) is 19.7. The Morgan fingerprint density at radius 2 is 1.77 bits per heavy atom. The van der Waals surface area contributed by atoms with Gasteiger partial charge in [0.15, 0.2) is 0 Å². The number of aromatic nitrogens is 1. The van der Waals surface area contributed by atoms with E-state index in [1.165, 1.54) is 12.1 Å². The van der Waals surface area contributed by atoms with Crippen molar-refractivity contribution in [3.63, 3.8) is 0 Å². The monoisotopic (exact) mass is 348 g/mol. The van der Waals surface area contributed by atoms with Crippen LogP contribution in [0.4, 0.5) is 4.39 Å². The van der Waals surface area contributed by atoms with Crippen LogP contribution in [0.5, 0.6) is 0 Å². The van der Waals surface area contributed by atoms with Crippen molar-refractivity contribution in [2.75, 3.05) is 0 Å². The number of rotatable bonds is 2. The van der Waals surface area contributed by atoms with E-state index in [0.717, 1.165) is 38.7 Å². The average Bonchev–Trinajstić information content (AvgIpc) is 2.82. The normalized spacial score (nSPS) is 15.6. The molecule has 3 nitrogen and oxygen atoms in total. The van der Waals surface area contributed by atoms with E-state index < -0.39 is 5.54 Å². The molecule has 0 N–H and O–H groups in total. The summed E-state index contributed by atoms with van der Waals surface area (Å²) >= 11 is 0. The maximum atomic E-state index is 13.3. The van der Waals surface area contributed by atoms with Crippen LogP contribution in [-0.2, 0) is 12.1 Å². The number of benzene rings is 2. The first-order chi connectivity index (χ1) is 12.3. The molecule has 0 fully saturated rings. The van der Waals surface area contributed by atoms with Gasteiger partial charge in [0.2, 0.25) is 0 Å². The van der Waals surface area contributed by atoms with E-state index in [1.54, 1.807) is 18.3 Å². The second-order valence-electron chi connectivity index (χ2n) is 7.48. The Bertz CT molecular complexity index is 1040. The maximum absolute atomic E-state index is 13.3. The van der Waals surface area contributed by atoms with Gasteiger partial charge in [-0.3, -0.25) is 9.78 Å². The number of aryl methyl sites for hydroxylation is 2. The summed E-state index contributed by atoms with van der Waals surface area (Å²) in [6.45, 7) is 8.65. The molecule has 2 aromatic carbocycles. The largest absolute Gasteiger partial charge is 0.325 e. The molecule has 2 heterocycles. The molecule has 0 radical (unpaired) electrons. The number of carbonyl (C=O) groups is 1. The standard InChI is InChI=1S/C22H21FN2O/c1-13-17-6-5-11-24-20(17)14(2)18-19(13)22(3,4)25(21(18)26)12-15-7-9-16(23)10-8-15/h5-11H,12H2,1-4H3. The molecule has 4 heteroatoms. The summed E-state index contributed by atoms with van der Waals surface area (Å²) in [6, 6.07) is 10.3. The number of carbonyl (C=O) groups excluding carboxylic acids is 1. The Morgan fingerprint density at radius 1 is 1.08 bits per heavy atom. The molecular weight excluding hydrogens is 327 g/mol. The number of amides is 1. The average molecular weight is 348 g/mol. The van der Waals surface area contributed by atoms with Crippen molar-refractivity contribution in [2.45, 2.75) is 39.8 Å². The predicted octanol–water partition coefficient (Wildman–Crippen LogP) is 4.88. The third-order valence-corrected chi connectivity index (χ3v) is 5.57. The zero-order chi connectivity index (χ0) is 18.6. The first-order valence-electron chi connectivity index (χ1n) is 8.77. The molecule has 3 aromatic rings. The van der Waals surface area contributed by atoms with Gasteiger partial charge in [-0.25, -0.2) is 4.39 Å². The van der Waals surface area contributed by atoms with E-state index in [2.05, 4.69) is 31.8 Å². The highest BCUT2D eigenvalue weighted by atomic mass is 19.1. The van der Waals surface area contributed by atoms with Gasteiger partial charge in [0.25, 0.3) is 5.91 Å². The molecule has 0 atom stereocenters. The van der Waals surface area contributed by atoms with Gasteiger partial charge >= 0.3 is 0 Å². The van der Waals surface area contributed by atoms with Crippen molar-refractivity contribution in [2.24, 2.45) is 0 Å². The Balaban J connectivity index is 1.89. The zero-order valence-corrected chi connectivity index (χ0v) is 15.4. The minimum atomic E-state index is -0.445. The van der Waals surface area contributed by atoms with E-state index in [-0.39, 0.29) is 11.7 Å². The SMILES string of the molecule is Cc1c2c(c(C)c3ncccc13)C(=O)N(Cc1ccc(F)cc1)C2(C)C. The van der Waals surface area contributed by atoms with Crippen molar-refractivity contribution in [3.8, 4) is 0 Å². The summed E-state index contributed by atoms with van der Waals surface area (Å²) in [5.41, 5.74) is 5.23. The molecule has 1 amide bonds. The summed E-state index contributed by atoms with van der Waals surface area (Å²) in [5.74, 6) is -0.254. The smallest absolute Gasteiger partial charge is 0.255 e. The van der Waals surface area contributed by atoms with Gasteiger partial charge in [-0.1, -0.05) is 18.2 Å². The van der Waals surface area contributed by atoms with Crippen molar-refractivity contribution < 1.29 is 9.18 Å². The third kappa shape index (κ3) is 2.25. The fourth-order valence-corrected chi connectivity index (χ4v) is 4.23. The maximum Gasteiger partial charge on any atom is 0.255 e. The summed E-state index contributed by atoms with van der Waals surface area (Å²) in [5, 5.41) is 1.09. The highest BCUT2D eigenvalue weighted by Crippen LogP contribution is 2.45. The molecule has 0 spiro atoms. The number of pyridine rings is 1. The second kappa shape index (κ2) is 5.63. The highest BCUT2D eigenvalue weighted by Gasteiger charge is 2.45. The van der Waals surface area contributed by atoms with Crippen LogP contribution in [0, 0.1) is 19.7 Å². The Hall–Kier alpha value is -2.75. The van der Waals surface area contributed by atoms with E-state index in [4.69, 9.17) is 0 Å². The van der Waals surface area contributed by atoms with Gasteiger partial charge in [-0.15, -0.1) is 0 Å². The number of hydrogen-bond acceptors (Lipinski definition) is 2. The van der Waals surface area contributed by atoms with Gasteiger partial charge in [-0.2, -0.15) is 0 Å². The topological polar surface area (TPSA) is 33.2 Å². The van der Waals surface area contributed by atoms with Crippen LogP contribution in [0.15, 0.2) is 42.6 Å². The molecule has 0 bridgehead atoms. The molecule has 0 saturated heterocycles. The van der Waals surface area contributed by atoms with Crippen LogP contribution < -0.4 is 0 Å². The molecule has 1 aromatic heterocycles. The fourth-order valence-electron chi connectivity index (χ4n) is 4.23. The number of fused-ring (bicyclic) bond motifs is 2. The minimum absolute atomic E-state index is 0.0162. The van der Waals surface area contributed by atoms with Crippen LogP contribution in [0.1, 0.15) is 46.5 Å². The van der Waals surface area contributed by atoms with E-state index in [9.17, 15) is 9.18 Å².